The van der Waals surface area contributed by atoms with E-state index >= 15 is 0 Å². The SMILES string of the molecule is Fc1cc(C2C3CCCC2CN(Cc2ccccc2)C3)c2cn[nH]c2c1. The number of likely N-dealkylation sites (tertiary alicyclic amines) is 1. The van der Waals surface area contributed by atoms with E-state index in [9.17, 15) is 4.39 Å². The average molecular weight is 349 g/mol. The van der Waals surface area contributed by atoms with E-state index in [0.717, 1.165) is 30.5 Å². The van der Waals surface area contributed by atoms with Crippen molar-refractivity contribution < 1.29 is 4.39 Å². The number of benzene rings is 2. The highest BCUT2D eigenvalue weighted by molar-refractivity contribution is 5.82. The van der Waals surface area contributed by atoms with E-state index in [2.05, 4.69) is 45.4 Å². The second kappa shape index (κ2) is 6.51. The molecule has 2 heterocycles. The van der Waals surface area contributed by atoms with Gasteiger partial charge in [0.25, 0.3) is 0 Å². The molecule has 2 atom stereocenters. The number of hydrogen-bond donors (Lipinski definition) is 1. The molecule has 2 unspecified atom stereocenters. The molecule has 2 aromatic carbocycles. The van der Waals surface area contributed by atoms with Gasteiger partial charge in [-0.05, 0) is 53.9 Å². The first-order valence-electron chi connectivity index (χ1n) is 9.67. The van der Waals surface area contributed by atoms with Crippen LogP contribution in [0.1, 0.15) is 36.3 Å². The van der Waals surface area contributed by atoms with Gasteiger partial charge in [-0.2, -0.15) is 5.10 Å². The van der Waals surface area contributed by atoms with E-state index < -0.39 is 0 Å². The zero-order chi connectivity index (χ0) is 17.5. The number of halogens is 1. The van der Waals surface area contributed by atoms with Crippen LogP contribution in [0.5, 0.6) is 0 Å². The summed E-state index contributed by atoms with van der Waals surface area (Å²) in [6.07, 6.45) is 5.65. The predicted molar refractivity (Wildman–Crippen MR) is 101 cm³/mol. The minimum atomic E-state index is -0.151. The third-order valence-electron chi connectivity index (χ3n) is 6.31. The van der Waals surface area contributed by atoms with Crippen molar-refractivity contribution in [3.05, 3.63) is 65.6 Å². The topological polar surface area (TPSA) is 31.9 Å². The predicted octanol–water partition coefficient (Wildman–Crippen LogP) is 4.72. The van der Waals surface area contributed by atoms with Crippen LogP contribution in [0.4, 0.5) is 4.39 Å². The van der Waals surface area contributed by atoms with Crippen LogP contribution in [0.25, 0.3) is 10.9 Å². The summed E-state index contributed by atoms with van der Waals surface area (Å²) < 4.78 is 14.2. The summed E-state index contributed by atoms with van der Waals surface area (Å²) in [5.74, 6) is 1.50. The molecule has 134 valence electrons. The van der Waals surface area contributed by atoms with Crippen molar-refractivity contribution in [1.29, 1.82) is 0 Å². The minimum absolute atomic E-state index is 0.151. The Hall–Kier alpha value is -2.20. The number of nitrogens with zero attached hydrogens (tertiary/aromatic N) is 2. The molecule has 26 heavy (non-hydrogen) atoms. The lowest BCUT2D eigenvalue weighted by atomic mass is 9.65. The first kappa shape index (κ1) is 16.0. The van der Waals surface area contributed by atoms with E-state index in [4.69, 9.17) is 0 Å². The summed E-state index contributed by atoms with van der Waals surface area (Å²) in [7, 11) is 0. The van der Waals surface area contributed by atoms with Crippen molar-refractivity contribution in [2.45, 2.75) is 31.7 Å². The van der Waals surface area contributed by atoms with E-state index in [0.29, 0.717) is 17.8 Å². The van der Waals surface area contributed by atoms with Crippen molar-refractivity contribution in [3.63, 3.8) is 0 Å². The lowest BCUT2D eigenvalue weighted by Crippen LogP contribution is -2.47. The molecule has 1 aliphatic heterocycles. The van der Waals surface area contributed by atoms with Crippen molar-refractivity contribution in [3.8, 4) is 0 Å². The second-order valence-corrected chi connectivity index (χ2v) is 7.98. The van der Waals surface area contributed by atoms with Gasteiger partial charge in [-0.15, -0.1) is 0 Å². The van der Waals surface area contributed by atoms with Crippen LogP contribution in [0, 0.1) is 17.7 Å². The normalized spacial score (nSPS) is 26.3. The molecule has 3 nitrogen and oxygen atoms in total. The van der Waals surface area contributed by atoms with E-state index in [1.165, 1.54) is 30.4 Å². The summed E-state index contributed by atoms with van der Waals surface area (Å²) in [5.41, 5.74) is 3.37. The van der Waals surface area contributed by atoms with Gasteiger partial charge >= 0.3 is 0 Å². The summed E-state index contributed by atoms with van der Waals surface area (Å²) in [4.78, 5) is 2.60. The molecule has 4 heteroatoms. The van der Waals surface area contributed by atoms with Gasteiger partial charge in [-0.3, -0.25) is 10.00 Å². The molecule has 0 radical (unpaired) electrons. The van der Waals surface area contributed by atoms with Crippen LogP contribution in [-0.4, -0.2) is 28.2 Å². The molecule has 0 amide bonds. The van der Waals surface area contributed by atoms with Gasteiger partial charge in [-0.1, -0.05) is 36.8 Å². The number of rotatable bonds is 3. The Morgan fingerprint density at radius 1 is 1.08 bits per heavy atom. The summed E-state index contributed by atoms with van der Waals surface area (Å²) in [6.45, 7) is 3.22. The quantitative estimate of drug-likeness (QED) is 0.742. The maximum Gasteiger partial charge on any atom is 0.125 e. The van der Waals surface area contributed by atoms with Gasteiger partial charge in [0.15, 0.2) is 0 Å². The second-order valence-electron chi connectivity index (χ2n) is 7.98. The Morgan fingerprint density at radius 2 is 1.85 bits per heavy atom. The number of H-pyrrole nitrogens is 1. The largest absolute Gasteiger partial charge is 0.298 e. The third-order valence-corrected chi connectivity index (χ3v) is 6.31. The van der Waals surface area contributed by atoms with Gasteiger partial charge in [0.2, 0.25) is 0 Å². The first-order chi connectivity index (χ1) is 12.8. The first-order valence-corrected chi connectivity index (χ1v) is 9.67. The van der Waals surface area contributed by atoms with Crippen LogP contribution in [0.3, 0.4) is 0 Å². The molecule has 3 aromatic rings. The molecular weight excluding hydrogens is 325 g/mol. The van der Waals surface area contributed by atoms with Crippen molar-refractivity contribution >= 4 is 10.9 Å². The molecule has 5 rings (SSSR count). The molecule has 1 aliphatic carbocycles. The number of piperidine rings is 1. The van der Waals surface area contributed by atoms with E-state index in [-0.39, 0.29) is 5.82 Å². The van der Waals surface area contributed by atoms with Crippen LogP contribution in [-0.2, 0) is 6.54 Å². The fraction of sp³-hybridized carbons (Fsp3) is 0.409. The van der Waals surface area contributed by atoms with E-state index in [1.807, 2.05) is 6.20 Å². The number of nitrogens with one attached hydrogen (secondary N) is 1. The zero-order valence-corrected chi connectivity index (χ0v) is 14.9. The smallest absolute Gasteiger partial charge is 0.125 e. The standard InChI is InChI=1S/C22H24FN3/c23-18-9-19(20-11-24-25-21(20)10-18)22-16-7-4-8-17(22)14-26(13-16)12-15-5-2-1-3-6-15/h1-3,5-6,9-11,16-17,22H,4,7-8,12-14H2,(H,24,25). The van der Waals surface area contributed by atoms with Crippen molar-refractivity contribution in [2.75, 3.05) is 13.1 Å². The molecular formula is C22H24FN3. The Morgan fingerprint density at radius 3 is 2.62 bits per heavy atom. The van der Waals surface area contributed by atoms with Gasteiger partial charge in [0.05, 0.1) is 11.7 Å². The van der Waals surface area contributed by atoms with Crippen LogP contribution < -0.4 is 0 Å². The number of aromatic amines is 1. The molecule has 2 fully saturated rings. The molecule has 1 saturated carbocycles. The molecule has 0 spiro atoms. The highest BCUT2D eigenvalue weighted by atomic mass is 19.1. The van der Waals surface area contributed by atoms with Crippen molar-refractivity contribution in [2.24, 2.45) is 11.8 Å². The number of hydrogen-bond acceptors (Lipinski definition) is 2. The molecule has 1 N–H and O–H groups in total. The molecule has 2 bridgehead atoms. The fourth-order valence-electron chi connectivity index (χ4n) is 5.33. The Labute approximate surface area is 153 Å². The van der Waals surface area contributed by atoms with Crippen LogP contribution in [0.2, 0.25) is 0 Å². The number of fused-ring (bicyclic) bond motifs is 3. The monoisotopic (exact) mass is 349 g/mol. The summed E-state index contributed by atoms with van der Waals surface area (Å²) in [6, 6.07) is 14.1. The minimum Gasteiger partial charge on any atom is -0.298 e. The highest BCUT2D eigenvalue weighted by Crippen LogP contribution is 2.47. The third kappa shape index (κ3) is 2.82. The highest BCUT2D eigenvalue weighted by Gasteiger charge is 2.41. The fourth-order valence-corrected chi connectivity index (χ4v) is 5.33. The van der Waals surface area contributed by atoms with Gasteiger partial charge in [0, 0.05) is 25.0 Å². The van der Waals surface area contributed by atoms with Gasteiger partial charge in [0.1, 0.15) is 5.82 Å². The number of aromatic nitrogens is 2. The summed E-state index contributed by atoms with van der Waals surface area (Å²) in [5, 5.41) is 8.21. The maximum absolute atomic E-state index is 14.2. The van der Waals surface area contributed by atoms with E-state index in [1.54, 1.807) is 12.1 Å². The maximum atomic E-state index is 14.2. The van der Waals surface area contributed by atoms with Gasteiger partial charge < -0.3 is 0 Å². The van der Waals surface area contributed by atoms with Crippen LogP contribution >= 0.6 is 0 Å². The zero-order valence-electron chi connectivity index (χ0n) is 14.9. The van der Waals surface area contributed by atoms with Crippen LogP contribution in [0.15, 0.2) is 48.7 Å². The summed E-state index contributed by atoms with van der Waals surface area (Å²) >= 11 is 0. The Kier molecular flexibility index (Phi) is 4.01. The molecule has 1 saturated heterocycles. The van der Waals surface area contributed by atoms with Crippen molar-refractivity contribution in [1.82, 2.24) is 15.1 Å². The Balaban J connectivity index is 1.45. The average Bonchev–Trinajstić information content (AvgIpc) is 3.09. The molecule has 2 aliphatic rings. The molecule has 1 aromatic heterocycles. The van der Waals surface area contributed by atoms with Gasteiger partial charge in [-0.25, -0.2) is 4.39 Å². The lowest BCUT2D eigenvalue weighted by Gasteiger charge is -2.48. The Bertz CT molecular complexity index is 890. The lowest BCUT2D eigenvalue weighted by molar-refractivity contribution is 0.0565.